The van der Waals surface area contributed by atoms with Crippen LogP contribution in [0.4, 0.5) is 0 Å². The molecule has 3 aromatic carbocycles. The molecular formula is C25H20O4. The Morgan fingerprint density at radius 1 is 0.931 bits per heavy atom. The molecule has 0 fully saturated rings. The van der Waals surface area contributed by atoms with Gasteiger partial charge in [-0.25, -0.2) is 0 Å². The van der Waals surface area contributed by atoms with Gasteiger partial charge in [0.25, 0.3) is 0 Å². The van der Waals surface area contributed by atoms with Crippen LogP contribution in [0.3, 0.4) is 0 Å². The molecule has 0 radical (unpaired) electrons. The van der Waals surface area contributed by atoms with Gasteiger partial charge in [0.15, 0.2) is 5.43 Å². The number of hydrogen-bond donors (Lipinski definition) is 0. The molecule has 0 aliphatic carbocycles. The largest absolute Gasteiger partial charge is 0.497 e. The van der Waals surface area contributed by atoms with Gasteiger partial charge in [-0.1, -0.05) is 36.4 Å². The maximum absolute atomic E-state index is 13.6. The van der Waals surface area contributed by atoms with E-state index in [9.17, 15) is 4.79 Å². The molecule has 5 rings (SSSR count). The van der Waals surface area contributed by atoms with Crippen LogP contribution in [-0.4, -0.2) is 13.7 Å². The predicted octanol–water partition coefficient (Wildman–Crippen LogP) is 5.13. The summed E-state index contributed by atoms with van der Waals surface area (Å²) in [5, 5.41) is 0.561. The highest BCUT2D eigenvalue weighted by atomic mass is 16.5. The average Bonchev–Trinajstić information content (AvgIpc) is 2.79. The van der Waals surface area contributed by atoms with Crippen LogP contribution in [-0.2, 0) is 11.2 Å². The lowest BCUT2D eigenvalue weighted by molar-refractivity contribution is 0.0687. The SMILES string of the molecule is COc1ccc(-c2oc3ccccc3c(=O)c2C2OCCc3ccccc32)cc1. The second-order valence-electron chi connectivity index (χ2n) is 7.10. The third kappa shape index (κ3) is 3.02. The number of para-hydroxylation sites is 1. The van der Waals surface area contributed by atoms with Crippen LogP contribution in [0.2, 0.25) is 0 Å². The van der Waals surface area contributed by atoms with Crippen molar-refractivity contribution in [1.82, 2.24) is 0 Å². The maximum atomic E-state index is 13.6. The van der Waals surface area contributed by atoms with Gasteiger partial charge in [-0.2, -0.15) is 0 Å². The van der Waals surface area contributed by atoms with Crippen LogP contribution in [0.15, 0.2) is 82.0 Å². The van der Waals surface area contributed by atoms with Gasteiger partial charge in [0.05, 0.1) is 24.7 Å². The number of fused-ring (bicyclic) bond motifs is 2. The van der Waals surface area contributed by atoms with E-state index in [1.807, 2.05) is 60.7 Å². The van der Waals surface area contributed by atoms with Crippen molar-refractivity contribution < 1.29 is 13.9 Å². The summed E-state index contributed by atoms with van der Waals surface area (Å²) in [6.07, 6.45) is 0.376. The van der Waals surface area contributed by atoms with E-state index in [2.05, 4.69) is 6.07 Å². The third-order valence-electron chi connectivity index (χ3n) is 5.44. The fourth-order valence-corrected chi connectivity index (χ4v) is 3.98. The zero-order valence-corrected chi connectivity index (χ0v) is 16.1. The fourth-order valence-electron chi connectivity index (χ4n) is 3.98. The molecule has 0 bridgehead atoms. The minimum absolute atomic E-state index is 0.0561. The molecule has 1 unspecified atom stereocenters. The van der Waals surface area contributed by atoms with Crippen LogP contribution in [0.5, 0.6) is 5.75 Å². The highest BCUT2D eigenvalue weighted by molar-refractivity contribution is 5.81. The second-order valence-corrected chi connectivity index (χ2v) is 7.10. The molecule has 1 aliphatic heterocycles. The molecule has 4 heteroatoms. The van der Waals surface area contributed by atoms with Crippen molar-refractivity contribution >= 4 is 11.0 Å². The first-order valence-electron chi connectivity index (χ1n) is 9.66. The Hall–Kier alpha value is -3.37. The summed E-state index contributed by atoms with van der Waals surface area (Å²) in [7, 11) is 1.63. The second kappa shape index (κ2) is 7.22. The van der Waals surface area contributed by atoms with Gasteiger partial charge in [0.2, 0.25) is 0 Å². The topological polar surface area (TPSA) is 48.7 Å². The van der Waals surface area contributed by atoms with E-state index in [-0.39, 0.29) is 5.43 Å². The Balaban J connectivity index is 1.80. The fraction of sp³-hybridized carbons (Fsp3) is 0.160. The van der Waals surface area contributed by atoms with E-state index in [0.29, 0.717) is 28.9 Å². The number of methoxy groups -OCH3 is 1. The lowest BCUT2D eigenvalue weighted by Gasteiger charge is -2.27. The van der Waals surface area contributed by atoms with E-state index < -0.39 is 6.10 Å². The zero-order chi connectivity index (χ0) is 19.8. The van der Waals surface area contributed by atoms with Gasteiger partial charge >= 0.3 is 0 Å². The Morgan fingerprint density at radius 2 is 1.69 bits per heavy atom. The van der Waals surface area contributed by atoms with Gasteiger partial charge in [-0.3, -0.25) is 4.79 Å². The van der Waals surface area contributed by atoms with Crippen LogP contribution >= 0.6 is 0 Å². The molecule has 29 heavy (non-hydrogen) atoms. The molecule has 0 amide bonds. The monoisotopic (exact) mass is 384 g/mol. The maximum Gasteiger partial charge on any atom is 0.199 e. The summed E-state index contributed by atoms with van der Waals surface area (Å²) in [5.41, 5.74) is 4.10. The van der Waals surface area contributed by atoms with Crippen molar-refractivity contribution in [3.63, 3.8) is 0 Å². The van der Waals surface area contributed by atoms with E-state index in [0.717, 1.165) is 23.3 Å². The molecule has 0 N–H and O–H groups in total. The molecule has 0 saturated carbocycles. The highest BCUT2D eigenvalue weighted by Crippen LogP contribution is 2.38. The molecule has 4 nitrogen and oxygen atoms in total. The number of hydrogen-bond acceptors (Lipinski definition) is 4. The average molecular weight is 384 g/mol. The van der Waals surface area contributed by atoms with Crippen molar-refractivity contribution in [3.8, 4) is 17.1 Å². The summed E-state index contributed by atoms with van der Waals surface area (Å²) in [6, 6.07) is 23.0. The molecule has 2 heterocycles. The summed E-state index contributed by atoms with van der Waals surface area (Å²) < 4.78 is 17.7. The molecule has 1 aliphatic rings. The van der Waals surface area contributed by atoms with Crippen molar-refractivity contribution in [1.29, 1.82) is 0 Å². The Labute approximate surface area is 168 Å². The molecule has 1 aromatic heterocycles. The summed E-state index contributed by atoms with van der Waals surface area (Å²) in [5.74, 6) is 1.29. The number of rotatable bonds is 3. The first kappa shape index (κ1) is 17.7. The highest BCUT2D eigenvalue weighted by Gasteiger charge is 2.29. The van der Waals surface area contributed by atoms with Crippen LogP contribution < -0.4 is 10.2 Å². The van der Waals surface area contributed by atoms with Crippen molar-refractivity contribution in [2.45, 2.75) is 12.5 Å². The zero-order valence-electron chi connectivity index (χ0n) is 16.1. The first-order chi connectivity index (χ1) is 14.3. The standard InChI is InChI=1S/C25H20O4/c1-27-18-12-10-17(11-13-18)24-22(23(26)20-8-4-5-9-21(20)29-24)25-19-7-3-2-6-16(19)14-15-28-25/h2-13,25H,14-15H2,1H3. The van der Waals surface area contributed by atoms with E-state index in [1.54, 1.807) is 13.2 Å². The first-order valence-corrected chi connectivity index (χ1v) is 9.66. The molecule has 0 spiro atoms. The molecule has 1 atom stereocenters. The van der Waals surface area contributed by atoms with Gasteiger partial charge < -0.3 is 13.9 Å². The van der Waals surface area contributed by atoms with E-state index in [4.69, 9.17) is 13.9 Å². The normalized spacial score (nSPS) is 15.8. The van der Waals surface area contributed by atoms with Crippen molar-refractivity contribution in [3.05, 3.63) is 99.7 Å². The predicted molar refractivity (Wildman–Crippen MR) is 112 cm³/mol. The third-order valence-corrected chi connectivity index (χ3v) is 5.44. The molecule has 144 valence electrons. The minimum atomic E-state index is -0.460. The van der Waals surface area contributed by atoms with Crippen molar-refractivity contribution in [2.24, 2.45) is 0 Å². The summed E-state index contributed by atoms with van der Waals surface area (Å²) in [6.45, 7) is 0.565. The van der Waals surface area contributed by atoms with Gasteiger partial charge in [-0.15, -0.1) is 0 Å². The number of benzene rings is 3. The Morgan fingerprint density at radius 3 is 2.52 bits per heavy atom. The van der Waals surface area contributed by atoms with E-state index >= 15 is 0 Å². The molecule has 4 aromatic rings. The quantitative estimate of drug-likeness (QED) is 0.491. The van der Waals surface area contributed by atoms with Crippen molar-refractivity contribution in [2.75, 3.05) is 13.7 Å². The van der Waals surface area contributed by atoms with Gasteiger partial charge in [-0.05, 0) is 53.9 Å². The van der Waals surface area contributed by atoms with Crippen LogP contribution in [0.25, 0.3) is 22.3 Å². The number of ether oxygens (including phenoxy) is 2. The molecule has 0 saturated heterocycles. The lowest BCUT2D eigenvalue weighted by atomic mass is 9.90. The van der Waals surface area contributed by atoms with Crippen LogP contribution in [0.1, 0.15) is 22.8 Å². The smallest absolute Gasteiger partial charge is 0.199 e. The minimum Gasteiger partial charge on any atom is -0.497 e. The summed E-state index contributed by atoms with van der Waals surface area (Å²) >= 11 is 0. The van der Waals surface area contributed by atoms with Crippen LogP contribution in [0, 0.1) is 0 Å². The Kier molecular flexibility index (Phi) is 4.41. The molecular weight excluding hydrogens is 364 g/mol. The van der Waals surface area contributed by atoms with Gasteiger partial charge in [0.1, 0.15) is 23.2 Å². The Bertz CT molecular complexity index is 1240. The summed E-state index contributed by atoms with van der Waals surface area (Å²) in [4.78, 5) is 13.6. The van der Waals surface area contributed by atoms with Gasteiger partial charge in [0, 0.05) is 5.56 Å². The van der Waals surface area contributed by atoms with E-state index in [1.165, 1.54) is 5.56 Å². The lowest BCUT2D eigenvalue weighted by Crippen LogP contribution is -2.24.